The van der Waals surface area contributed by atoms with Gasteiger partial charge in [0.15, 0.2) is 0 Å². The number of hydrogen-bond donors (Lipinski definition) is 0. The second-order valence-corrected chi connectivity index (χ2v) is 14.2. The van der Waals surface area contributed by atoms with Gasteiger partial charge in [-0.05, 0) is 0 Å². The van der Waals surface area contributed by atoms with Gasteiger partial charge in [0, 0.05) is 0 Å². The van der Waals surface area contributed by atoms with Gasteiger partial charge in [-0.1, -0.05) is 0 Å². The molecule has 0 aromatic heterocycles. The van der Waals surface area contributed by atoms with Crippen LogP contribution in [0.3, 0.4) is 0 Å². The van der Waals surface area contributed by atoms with Gasteiger partial charge in [0.1, 0.15) is 0 Å². The first-order valence-electron chi connectivity index (χ1n) is 10.8. The Balaban J connectivity index is 1.65. The van der Waals surface area contributed by atoms with Crippen LogP contribution in [-0.4, -0.2) is 22.6 Å². The zero-order valence-corrected chi connectivity index (χ0v) is 22.1. The van der Waals surface area contributed by atoms with Crippen molar-refractivity contribution >= 4 is 51.9 Å². The fourth-order valence-corrected chi connectivity index (χ4v) is 11.1. The molecule has 5 aromatic rings. The van der Waals surface area contributed by atoms with Crippen LogP contribution in [-0.2, 0) is 12.6 Å². The average Bonchev–Trinajstić information content (AvgIpc) is 2.91. The number of rotatable bonds is 7. The summed E-state index contributed by atoms with van der Waals surface area (Å²) in [5, 5.41) is 3.15. The van der Waals surface area contributed by atoms with Crippen LogP contribution >= 0.6 is 20.2 Å². The van der Waals surface area contributed by atoms with Crippen molar-refractivity contribution in [1.29, 1.82) is 0 Å². The molecule has 0 aliphatic rings. The quantitative estimate of drug-likeness (QED) is 0.151. The van der Waals surface area contributed by atoms with Crippen molar-refractivity contribution < 1.29 is 20.4 Å². The van der Waals surface area contributed by atoms with Crippen molar-refractivity contribution in [2.24, 2.45) is 0 Å². The molecule has 0 amide bonds. The summed E-state index contributed by atoms with van der Waals surface area (Å²) in [5.74, 6) is 1.26. The van der Waals surface area contributed by atoms with Crippen molar-refractivity contribution in [3.8, 4) is 11.5 Å². The van der Waals surface area contributed by atoms with Crippen LogP contribution < -0.4 is 9.47 Å². The topological polar surface area (TPSA) is 61.8 Å². The number of benzene rings is 5. The van der Waals surface area contributed by atoms with E-state index in [2.05, 4.69) is 0 Å². The number of methoxy groups -OCH3 is 2. The molecule has 35 heavy (non-hydrogen) atoms. The molecule has 0 bridgehead atoms. The molecular formula is C28H23IO5S. The van der Waals surface area contributed by atoms with E-state index in [0.717, 1.165) is 23.3 Å². The Bertz CT molecular complexity index is 1560. The Kier molecular flexibility index (Phi) is 6.64. The molecule has 7 heteroatoms. The Morgan fingerprint density at radius 2 is 1.03 bits per heavy atom. The molecule has 0 saturated carbocycles. The molecule has 0 aliphatic carbocycles. The van der Waals surface area contributed by atoms with Crippen LogP contribution in [0.25, 0.3) is 21.5 Å². The third-order valence-corrected chi connectivity index (χ3v) is 12.9. The van der Waals surface area contributed by atoms with E-state index in [9.17, 15) is 8.42 Å². The van der Waals surface area contributed by atoms with E-state index in [0.29, 0.717) is 16.9 Å². The summed E-state index contributed by atoms with van der Waals surface area (Å²) in [4.78, 5) is 0.0785. The molecule has 0 unspecified atom stereocenters. The van der Waals surface area contributed by atoms with Gasteiger partial charge in [-0.2, -0.15) is 0 Å². The van der Waals surface area contributed by atoms with Crippen molar-refractivity contribution in [2.45, 2.75) is 4.90 Å². The number of fused-ring (bicyclic) bond motifs is 2. The summed E-state index contributed by atoms with van der Waals surface area (Å²) < 4.78 is 46.5. The third-order valence-electron chi connectivity index (χ3n) is 5.60. The number of ether oxygens (including phenoxy) is 2. The molecule has 0 N–H and O–H groups in total. The minimum atomic E-state index is -4.07. The molecule has 0 atom stereocenters. The fraction of sp³-hybridized carbons (Fsp3) is 0.0714. The van der Waals surface area contributed by atoms with Crippen molar-refractivity contribution in [3.63, 3.8) is 0 Å². The predicted molar refractivity (Wildman–Crippen MR) is 147 cm³/mol. The first-order valence-corrected chi connectivity index (χ1v) is 15.3. The maximum atomic E-state index is 13.6. The molecule has 5 rings (SSSR count). The molecular weight excluding hydrogens is 575 g/mol. The molecule has 0 heterocycles. The van der Waals surface area contributed by atoms with Crippen molar-refractivity contribution in [1.82, 2.24) is 0 Å². The summed E-state index contributed by atoms with van der Waals surface area (Å²) in [6.07, 6.45) is 0. The molecule has 0 aliphatic heterocycles. The van der Waals surface area contributed by atoms with Crippen LogP contribution in [0.2, 0.25) is 0 Å². The first-order chi connectivity index (χ1) is 17.0. The van der Waals surface area contributed by atoms with E-state index in [1.807, 2.05) is 84.9 Å². The zero-order valence-electron chi connectivity index (χ0n) is 19.1. The van der Waals surface area contributed by atoms with E-state index in [-0.39, 0.29) is 4.90 Å². The molecule has 0 saturated heterocycles. The minimum absolute atomic E-state index is 0.0785. The fourth-order valence-electron chi connectivity index (χ4n) is 4.05. The summed E-state index contributed by atoms with van der Waals surface area (Å²) in [6, 6.07) is 31.8. The van der Waals surface area contributed by atoms with E-state index in [1.54, 1.807) is 32.4 Å². The summed E-state index contributed by atoms with van der Waals surface area (Å²) >= 11 is -2.75. The standard InChI is InChI=1S/C28H23IO5S/c1-32-27-23-15-9-10-16-24(23)28(33-2)26-19-22(17-18-25(26)27)35(30,31)34-29(20-11-5-3-6-12-20)21-13-7-4-8-14-21/h3-19H,1-2H3. The van der Waals surface area contributed by atoms with Crippen LogP contribution in [0.5, 0.6) is 11.5 Å². The normalized spacial score (nSPS) is 12.0. The average molecular weight is 598 g/mol. The summed E-state index contributed by atoms with van der Waals surface area (Å²) in [6.45, 7) is 0. The Morgan fingerprint density at radius 3 is 1.54 bits per heavy atom. The van der Waals surface area contributed by atoms with Gasteiger partial charge in [0.25, 0.3) is 0 Å². The van der Waals surface area contributed by atoms with Gasteiger partial charge in [-0.3, -0.25) is 0 Å². The molecule has 5 aromatic carbocycles. The summed E-state index contributed by atoms with van der Waals surface area (Å²) in [5.41, 5.74) is 0. The van der Waals surface area contributed by atoms with Crippen molar-refractivity contribution in [3.05, 3.63) is 110 Å². The van der Waals surface area contributed by atoms with Crippen molar-refractivity contribution in [2.75, 3.05) is 14.2 Å². The Hall–Kier alpha value is -3.14. The Morgan fingerprint density at radius 1 is 0.571 bits per heavy atom. The van der Waals surface area contributed by atoms with Crippen LogP contribution in [0.15, 0.2) is 108 Å². The molecule has 178 valence electrons. The first kappa shape index (κ1) is 23.6. The molecule has 5 nitrogen and oxygen atoms in total. The second kappa shape index (κ2) is 9.85. The van der Waals surface area contributed by atoms with Gasteiger partial charge in [-0.15, -0.1) is 0 Å². The monoisotopic (exact) mass is 598 g/mol. The SMILES string of the molecule is COc1c2ccccc2c(OC)c2cc(S(=O)(=O)OI(c3ccccc3)c3ccccc3)ccc12. The van der Waals surface area contributed by atoms with Crippen LogP contribution in [0.1, 0.15) is 0 Å². The number of hydrogen-bond acceptors (Lipinski definition) is 5. The van der Waals surface area contributed by atoms with E-state index < -0.39 is 30.4 Å². The van der Waals surface area contributed by atoms with E-state index >= 15 is 0 Å². The number of halogens is 1. The Labute approximate surface area is 212 Å². The summed E-state index contributed by atoms with van der Waals surface area (Å²) in [7, 11) is -0.879. The van der Waals surface area contributed by atoms with Crippen LogP contribution in [0.4, 0.5) is 0 Å². The van der Waals surface area contributed by atoms with Gasteiger partial charge in [-0.25, -0.2) is 0 Å². The molecule has 0 spiro atoms. The third kappa shape index (κ3) is 4.47. The van der Waals surface area contributed by atoms with Gasteiger partial charge < -0.3 is 0 Å². The molecule has 0 radical (unpaired) electrons. The van der Waals surface area contributed by atoms with E-state index in [4.69, 9.17) is 12.0 Å². The molecule has 0 fully saturated rings. The van der Waals surface area contributed by atoms with Crippen LogP contribution in [0, 0.1) is 7.14 Å². The zero-order chi connectivity index (χ0) is 24.4. The second-order valence-electron chi connectivity index (χ2n) is 7.68. The van der Waals surface area contributed by atoms with Gasteiger partial charge >= 0.3 is 213 Å². The van der Waals surface area contributed by atoms with Gasteiger partial charge in [0.2, 0.25) is 0 Å². The van der Waals surface area contributed by atoms with E-state index in [1.165, 1.54) is 0 Å². The van der Waals surface area contributed by atoms with Gasteiger partial charge in [0.05, 0.1) is 0 Å². The maximum absolute atomic E-state index is 13.6. The predicted octanol–water partition coefficient (Wildman–Crippen LogP) is 6.88.